The second kappa shape index (κ2) is 6.89. The molecule has 1 aromatic heterocycles. The summed E-state index contributed by atoms with van der Waals surface area (Å²) in [5, 5.41) is 7.98. The van der Waals surface area contributed by atoms with Gasteiger partial charge in [-0.25, -0.2) is 4.79 Å². The molecule has 0 bridgehead atoms. The highest BCUT2D eigenvalue weighted by molar-refractivity contribution is 6.32. The number of nitrogens with zero attached hydrogens (tertiary/aromatic N) is 2. The fourth-order valence-corrected chi connectivity index (χ4v) is 2.08. The number of carbonyl (C=O) groups excluding carboxylic acids is 1. The average Bonchev–Trinajstić information content (AvgIpc) is 3.09. The zero-order chi connectivity index (χ0) is 16.1. The average molecular weight is 327 g/mol. The molecule has 3 aromatic rings. The molecule has 0 atom stereocenters. The summed E-state index contributed by atoms with van der Waals surface area (Å²) in [6.45, 7) is 0. The van der Waals surface area contributed by atoms with Crippen molar-refractivity contribution in [3.8, 4) is 17.2 Å². The van der Waals surface area contributed by atoms with Crippen LogP contribution < -0.4 is 4.74 Å². The third-order valence-corrected chi connectivity index (χ3v) is 3.33. The molecule has 0 unspecified atom stereocenters. The van der Waals surface area contributed by atoms with Gasteiger partial charge >= 0.3 is 5.97 Å². The Morgan fingerprint density at radius 2 is 1.91 bits per heavy atom. The van der Waals surface area contributed by atoms with Crippen molar-refractivity contribution in [2.24, 2.45) is 0 Å². The molecule has 0 radical (unpaired) electrons. The Labute approximate surface area is 137 Å². The van der Waals surface area contributed by atoms with Crippen molar-refractivity contribution in [3.05, 3.63) is 71.6 Å². The van der Waals surface area contributed by atoms with Crippen molar-refractivity contribution in [3.63, 3.8) is 0 Å². The summed E-state index contributed by atoms with van der Waals surface area (Å²) < 4.78 is 10.3. The molecule has 0 spiro atoms. The number of carbonyl (C=O) groups is 1. The molecule has 0 fully saturated rings. The molecule has 5 nitrogen and oxygen atoms in total. The fourth-order valence-electron chi connectivity index (χ4n) is 1.88. The maximum absolute atomic E-state index is 11.8. The summed E-state index contributed by atoms with van der Waals surface area (Å²) in [4.78, 5) is 11.8. The highest BCUT2D eigenvalue weighted by Crippen LogP contribution is 2.20. The molecule has 23 heavy (non-hydrogen) atoms. The van der Waals surface area contributed by atoms with Crippen LogP contribution in [0.2, 0.25) is 5.02 Å². The third-order valence-electron chi connectivity index (χ3n) is 2.98. The topological polar surface area (TPSA) is 65.2 Å². The van der Waals surface area contributed by atoms with Gasteiger partial charge in [0.2, 0.25) is 12.3 Å². The molecule has 0 aliphatic carbocycles. The Bertz CT molecular complexity index is 827. The van der Waals surface area contributed by atoms with Gasteiger partial charge in [-0.05, 0) is 42.0 Å². The second-order valence-electron chi connectivity index (χ2n) is 4.54. The van der Waals surface area contributed by atoms with Gasteiger partial charge in [-0.2, -0.15) is 0 Å². The minimum absolute atomic E-state index is 0.404. The Kier molecular flexibility index (Phi) is 4.49. The number of halogens is 1. The number of esters is 1. The monoisotopic (exact) mass is 326 g/mol. The lowest BCUT2D eigenvalue weighted by Gasteiger charge is -2.02. The highest BCUT2D eigenvalue weighted by Gasteiger charge is 2.05. The van der Waals surface area contributed by atoms with Crippen molar-refractivity contribution >= 4 is 23.6 Å². The van der Waals surface area contributed by atoms with E-state index in [9.17, 15) is 4.79 Å². The van der Waals surface area contributed by atoms with E-state index >= 15 is 0 Å². The number of benzene rings is 2. The normalized spacial score (nSPS) is 10.8. The third kappa shape index (κ3) is 3.84. The molecule has 0 aliphatic rings. The number of hydrogen-bond donors (Lipinski definition) is 0. The van der Waals surface area contributed by atoms with E-state index in [-0.39, 0.29) is 0 Å². The molecule has 0 saturated carbocycles. The molecule has 3 rings (SSSR count). The summed E-state index contributed by atoms with van der Waals surface area (Å²) in [6.07, 6.45) is 4.19. The predicted molar refractivity (Wildman–Crippen MR) is 85.9 cm³/mol. The molecule has 1 heterocycles. The summed E-state index contributed by atoms with van der Waals surface area (Å²) in [5.74, 6) is 0.332. The van der Waals surface area contributed by atoms with E-state index in [1.54, 1.807) is 36.4 Å². The van der Waals surface area contributed by atoms with Gasteiger partial charge in [-0.3, -0.25) is 0 Å². The fraction of sp³-hybridized carbons (Fsp3) is 0. The molecule has 0 aliphatic heterocycles. The number of hydrogen-bond acceptors (Lipinski definition) is 5. The molecule has 2 aromatic carbocycles. The first kappa shape index (κ1) is 15.0. The smallest absolute Gasteiger partial charge is 0.336 e. The predicted octanol–water partition coefficient (Wildman–Crippen LogP) is 4.01. The van der Waals surface area contributed by atoms with E-state index in [0.29, 0.717) is 16.7 Å². The van der Waals surface area contributed by atoms with Crippen LogP contribution in [0.3, 0.4) is 0 Å². The molecular weight excluding hydrogens is 316 g/mol. The summed E-state index contributed by atoms with van der Waals surface area (Å²) >= 11 is 6.01. The quantitative estimate of drug-likeness (QED) is 0.412. The minimum atomic E-state index is -0.490. The van der Waals surface area contributed by atoms with E-state index < -0.39 is 5.97 Å². The van der Waals surface area contributed by atoms with Crippen LogP contribution >= 0.6 is 11.6 Å². The lowest BCUT2D eigenvalue weighted by molar-refractivity contribution is -0.128. The van der Waals surface area contributed by atoms with E-state index in [1.165, 1.54) is 12.5 Å². The molecular formula is C17H11ClN2O3. The summed E-state index contributed by atoms with van der Waals surface area (Å²) in [6, 6.07) is 14.0. The summed E-state index contributed by atoms with van der Waals surface area (Å²) in [7, 11) is 0. The Morgan fingerprint density at radius 3 is 2.61 bits per heavy atom. The second-order valence-corrected chi connectivity index (χ2v) is 4.95. The van der Waals surface area contributed by atoms with Crippen molar-refractivity contribution in [1.82, 2.24) is 10.2 Å². The van der Waals surface area contributed by atoms with Crippen molar-refractivity contribution < 1.29 is 13.9 Å². The van der Waals surface area contributed by atoms with Gasteiger partial charge in [0, 0.05) is 16.7 Å². The molecule has 0 saturated heterocycles. The van der Waals surface area contributed by atoms with Crippen LogP contribution in [-0.2, 0) is 4.79 Å². The van der Waals surface area contributed by atoms with Crippen molar-refractivity contribution in [2.45, 2.75) is 0 Å². The largest absolute Gasteiger partial charge is 0.423 e. The van der Waals surface area contributed by atoms with E-state index in [0.717, 1.165) is 11.1 Å². The Balaban J connectivity index is 1.65. The number of rotatable bonds is 4. The van der Waals surface area contributed by atoms with Gasteiger partial charge in [0.05, 0.1) is 0 Å². The highest BCUT2D eigenvalue weighted by atomic mass is 35.5. The molecule has 0 N–H and O–H groups in total. The van der Waals surface area contributed by atoms with Crippen LogP contribution in [0.1, 0.15) is 5.56 Å². The Morgan fingerprint density at radius 1 is 1.13 bits per heavy atom. The van der Waals surface area contributed by atoms with Crippen LogP contribution in [0.4, 0.5) is 0 Å². The maximum atomic E-state index is 11.8. The SMILES string of the molecule is O=C(/C=C/c1ccccc1Cl)Oc1ccc(-c2nnco2)cc1. The maximum Gasteiger partial charge on any atom is 0.336 e. The van der Waals surface area contributed by atoms with E-state index in [1.807, 2.05) is 18.2 Å². The zero-order valence-corrected chi connectivity index (χ0v) is 12.6. The van der Waals surface area contributed by atoms with Gasteiger partial charge < -0.3 is 9.15 Å². The standard InChI is InChI=1S/C17H11ClN2O3/c18-15-4-2-1-3-12(15)7-10-16(21)23-14-8-5-13(6-9-14)17-20-19-11-22-17/h1-11H/b10-7+. The Hall–Kier alpha value is -2.92. The summed E-state index contributed by atoms with van der Waals surface area (Å²) in [5.41, 5.74) is 1.49. The van der Waals surface area contributed by atoms with Crippen LogP contribution in [0.15, 0.2) is 65.4 Å². The van der Waals surface area contributed by atoms with E-state index in [4.69, 9.17) is 20.8 Å². The first-order valence-electron chi connectivity index (χ1n) is 6.73. The van der Waals surface area contributed by atoms with Crippen LogP contribution in [0.5, 0.6) is 5.75 Å². The number of aromatic nitrogens is 2. The number of ether oxygens (including phenoxy) is 1. The minimum Gasteiger partial charge on any atom is -0.423 e. The van der Waals surface area contributed by atoms with E-state index in [2.05, 4.69) is 10.2 Å². The van der Waals surface area contributed by atoms with Crippen LogP contribution in [-0.4, -0.2) is 16.2 Å². The van der Waals surface area contributed by atoms with Crippen molar-refractivity contribution in [1.29, 1.82) is 0 Å². The zero-order valence-electron chi connectivity index (χ0n) is 11.8. The first-order chi connectivity index (χ1) is 11.2. The molecule has 0 amide bonds. The van der Waals surface area contributed by atoms with Gasteiger partial charge in [-0.15, -0.1) is 10.2 Å². The van der Waals surface area contributed by atoms with Gasteiger partial charge in [0.25, 0.3) is 0 Å². The lowest BCUT2D eigenvalue weighted by Crippen LogP contribution is -2.03. The first-order valence-corrected chi connectivity index (χ1v) is 7.11. The molecule has 114 valence electrons. The van der Waals surface area contributed by atoms with Crippen molar-refractivity contribution in [2.75, 3.05) is 0 Å². The van der Waals surface area contributed by atoms with Gasteiger partial charge in [0.15, 0.2) is 0 Å². The van der Waals surface area contributed by atoms with Crippen LogP contribution in [0, 0.1) is 0 Å². The van der Waals surface area contributed by atoms with Gasteiger partial charge in [0.1, 0.15) is 5.75 Å². The molecule has 6 heteroatoms. The lowest BCUT2D eigenvalue weighted by atomic mass is 10.2. The van der Waals surface area contributed by atoms with Crippen LogP contribution in [0.25, 0.3) is 17.5 Å². The van der Waals surface area contributed by atoms with Gasteiger partial charge in [-0.1, -0.05) is 29.8 Å².